The van der Waals surface area contributed by atoms with Gasteiger partial charge >= 0.3 is 0 Å². The van der Waals surface area contributed by atoms with Gasteiger partial charge in [0.2, 0.25) is 0 Å². The molecule has 0 atom stereocenters. The first-order valence-electron chi connectivity index (χ1n) is 6.37. The van der Waals surface area contributed by atoms with Crippen molar-refractivity contribution < 1.29 is 4.74 Å². The van der Waals surface area contributed by atoms with Gasteiger partial charge < -0.3 is 9.64 Å². The van der Waals surface area contributed by atoms with Crippen LogP contribution in [0.5, 0.6) is 0 Å². The zero-order valence-corrected chi connectivity index (χ0v) is 11.6. The van der Waals surface area contributed by atoms with E-state index >= 15 is 0 Å². The quantitative estimate of drug-likeness (QED) is 0.697. The van der Waals surface area contributed by atoms with Crippen LogP contribution < -0.4 is 4.90 Å². The van der Waals surface area contributed by atoms with Crippen molar-refractivity contribution in [3.8, 4) is 0 Å². The van der Waals surface area contributed by atoms with Gasteiger partial charge in [-0.1, -0.05) is 18.2 Å². The topological polar surface area (TPSA) is 12.5 Å². The predicted molar refractivity (Wildman–Crippen MR) is 74.7 cm³/mol. The lowest BCUT2D eigenvalue weighted by molar-refractivity contribution is 0.193. The largest absolute Gasteiger partial charge is 0.385 e. The first kappa shape index (κ1) is 14.0. The standard InChI is InChI=1S/C15H25NO/c1-15(2,3)16(12-8-9-13-17-4)14-10-6-5-7-11-14/h5-7,10-11H,8-9,12-13H2,1-4H3. The summed E-state index contributed by atoms with van der Waals surface area (Å²) in [5.41, 5.74) is 1.46. The zero-order valence-electron chi connectivity index (χ0n) is 11.6. The van der Waals surface area contributed by atoms with Crippen molar-refractivity contribution in [3.05, 3.63) is 30.3 Å². The summed E-state index contributed by atoms with van der Waals surface area (Å²) in [5, 5.41) is 0. The van der Waals surface area contributed by atoms with Crippen LogP contribution in [0.15, 0.2) is 30.3 Å². The molecule has 0 aromatic heterocycles. The van der Waals surface area contributed by atoms with Crippen LogP contribution in [0.25, 0.3) is 0 Å². The minimum atomic E-state index is 0.161. The number of anilines is 1. The van der Waals surface area contributed by atoms with Crippen molar-refractivity contribution in [2.45, 2.75) is 39.2 Å². The Balaban J connectivity index is 2.63. The number of nitrogens with zero attached hydrogens (tertiary/aromatic N) is 1. The van der Waals surface area contributed by atoms with E-state index in [-0.39, 0.29) is 5.54 Å². The Morgan fingerprint density at radius 3 is 2.24 bits per heavy atom. The van der Waals surface area contributed by atoms with Gasteiger partial charge in [-0.3, -0.25) is 0 Å². The van der Waals surface area contributed by atoms with Crippen molar-refractivity contribution in [2.24, 2.45) is 0 Å². The molecule has 1 aromatic carbocycles. The van der Waals surface area contributed by atoms with Crippen LogP contribution in [0.4, 0.5) is 5.69 Å². The van der Waals surface area contributed by atoms with E-state index in [2.05, 4.69) is 56.0 Å². The lowest BCUT2D eigenvalue weighted by Gasteiger charge is -2.38. The summed E-state index contributed by atoms with van der Waals surface area (Å²) in [4.78, 5) is 2.46. The highest BCUT2D eigenvalue weighted by molar-refractivity contribution is 5.48. The number of ether oxygens (including phenoxy) is 1. The number of methoxy groups -OCH3 is 1. The molecular weight excluding hydrogens is 210 g/mol. The molecule has 0 saturated carbocycles. The van der Waals surface area contributed by atoms with E-state index in [1.807, 2.05) is 0 Å². The Morgan fingerprint density at radius 2 is 1.71 bits per heavy atom. The second-order valence-electron chi connectivity index (χ2n) is 5.36. The molecule has 0 aliphatic rings. The van der Waals surface area contributed by atoms with Gasteiger partial charge in [-0.15, -0.1) is 0 Å². The maximum absolute atomic E-state index is 5.10. The molecule has 17 heavy (non-hydrogen) atoms. The Labute approximate surface area is 106 Å². The zero-order chi connectivity index (χ0) is 12.7. The van der Waals surface area contributed by atoms with E-state index in [9.17, 15) is 0 Å². The fourth-order valence-electron chi connectivity index (χ4n) is 1.98. The molecule has 0 spiro atoms. The molecule has 0 bridgehead atoms. The molecule has 0 radical (unpaired) electrons. The monoisotopic (exact) mass is 235 g/mol. The van der Waals surface area contributed by atoms with Crippen molar-refractivity contribution in [3.63, 3.8) is 0 Å². The fraction of sp³-hybridized carbons (Fsp3) is 0.600. The molecule has 0 N–H and O–H groups in total. The summed E-state index contributed by atoms with van der Waals surface area (Å²) in [6, 6.07) is 10.6. The number of unbranched alkanes of at least 4 members (excludes halogenated alkanes) is 1. The highest BCUT2D eigenvalue weighted by Gasteiger charge is 2.20. The molecule has 0 saturated heterocycles. The van der Waals surface area contributed by atoms with Gasteiger partial charge in [0.25, 0.3) is 0 Å². The molecule has 0 heterocycles. The van der Waals surface area contributed by atoms with Crippen LogP contribution in [0.3, 0.4) is 0 Å². The van der Waals surface area contributed by atoms with Crippen LogP contribution in [0.2, 0.25) is 0 Å². The van der Waals surface area contributed by atoms with Crippen LogP contribution in [-0.2, 0) is 4.74 Å². The van der Waals surface area contributed by atoms with E-state index < -0.39 is 0 Å². The lowest BCUT2D eigenvalue weighted by atomic mass is 10.0. The molecule has 0 fully saturated rings. The number of rotatable bonds is 6. The first-order valence-corrected chi connectivity index (χ1v) is 6.37. The van der Waals surface area contributed by atoms with Crippen molar-refractivity contribution in [1.29, 1.82) is 0 Å². The molecule has 2 heteroatoms. The second kappa shape index (κ2) is 6.65. The smallest absolute Gasteiger partial charge is 0.0462 e. The fourth-order valence-corrected chi connectivity index (χ4v) is 1.98. The van der Waals surface area contributed by atoms with E-state index in [0.29, 0.717) is 0 Å². The predicted octanol–water partition coefficient (Wildman–Crippen LogP) is 3.72. The molecule has 1 aromatic rings. The van der Waals surface area contributed by atoms with Crippen LogP contribution >= 0.6 is 0 Å². The Bertz CT molecular complexity index is 302. The average Bonchev–Trinajstić information content (AvgIpc) is 2.28. The summed E-state index contributed by atoms with van der Waals surface area (Å²) in [6.45, 7) is 8.71. The highest BCUT2D eigenvalue weighted by Crippen LogP contribution is 2.23. The normalized spacial score (nSPS) is 11.5. The maximum atomic E-state index is 5.10. The Hall–Kier alpha value is -1.02. The van der Waals surface area contributed by atoms with Gasteiger partial charge in [-0.25, -0.2) is 0 Å². The average molecular weight is 235 g/mol. The third-order valence-electron chi connectivity index (χ3n) is 2.86. The van der Waals surface area contributed by atoms with Gasteiger partial charge in [-0.05, 0) is 45.7 Å². The summed E-state index contributed by atoms with van der Waals surface area (Å²) in [7, 11) is 1.76. The van der Waals surface area contributed by atoms with Crippen molar-refractivity contribution >= 4 is 5.69 Å². The number of para-hydroxylation sites is 1. The summed E-state index contributed by atoms with van der Waals surface area (Å²) in [5.74, 6) is 0. The molecule has 0 aliphatic carbocycles. The highest BCUT2D eigenvalue weighted by atomic mass is 16.5. The third kappa shape index (κ3) is 4.78. The number of hydrogen-bond acceptors (Lipinski definition) is 2. The third-order valence-corrected chi connectivity index (χ3v) is 2.86. The molecule has 96 valence electrons. The van der Waals surface area contributed by atoms with E-state index in [1.165, 1.54) is 12.1 Å². The van der Waals surface area contributed by atoms with Gasteiger partial charge in [0, 0.05) is 31.5 Å². The van der Waals surface area contributed by atoms with E-state index in [4.69, 9.17) is 4.74 Å². The van der Waals surface area contributed by atoms with Crippen molar-refractivity contribution in [2.75, 3.05) is 25.2 Å². The number of benzene rings is 1. The van der Waals surface area contributed by atoms with Crippen LogP contribution in [0, 0.1) is 0 Å². The maximum Gasteiger partial charge on any atom is 0.0462 e. The van der Waals surface area contributed by atoms with E-state index in [0.717, 1.165) is 19.6 Å². The number of hydrogen-bond donors (Lipinski definition) is 0. The molecule has 0 unspecified atom stereocenters. The minimum absolute atomic E-state index is 0.161. The van der Waals surface area contributed by atoms with Gasteiger partial charge in [-0.2, -0.15) is 0 Å². The minimum Gasteiger partial charge on any atom is -0.385 e. The summed E-state index contributed by atoms with van der Waals surface area (Å²) < 4.78 is 5.10. The van der Waals surface area contributed by atoms with Gasteiger partial charge in [0.15, 0.2) is 0 Å². The van der Waals surface area contributed by atoms with Crippen molar-refractivity contribution in [1.82, 2.24) is 0 Å². The molecular formula is C15H25NO. The molecule has 0 aliphatic heterocycles. The molecule has 1 rings (SSSR count). The summed E-state index contributed by atoms with van der Waals surface area (Å²) >= 11 is 0. The second-order valence-corrected chi connectivity index (χ2v) is 5.36. The van der Waals surface area contributed by atoms with Crippen LogP contribution in [-0.4, -0.2) is 25.8 Å². The van der Waals surface area contributed by atoms with E-state index in [1.54, 1.807) is 7.11 Å². The first-order chi connectivity index (χ1) is 8.05. The summed E-state index contributed by atoms with van der Waals surface area (Å²) in [6.07, 6.45) is 2.29. The van der Waals surface area contributed by atoms with Crippen LogP contribution in [0.1, 0.15) is 33.6 Å². The lowest BCUT2D eigenvalue weighted by Crippen LogP contribution is -2.42. The van der Waals surface area contributed by atoms with Gasteiger partial charge in [0.1, 0.15) is 0 Å². The Morgan fingerprint density at radius 1 is 1.06 bits per heavy atom. The SMILES string of the molecule is COCCCCN(c1ccccc1)C(C)(C)C. The Kier molecular flexibility index (Phi) is 5.49. The molecule has 2 nitrogen and oxygen atoms in total. The molecule has 0 amide bonds. The van der Waals surface area contributed by atoms with Gasteiger partial charge in [0.05, 0.1) is 0 Å².